The van der Waals surface area contributed by atoms with Gasteiger partial charge in [-0.3, -0.25) is 4.79 Å². The van der Waals surface area contributed by atoms with Crippen molar-refractivity contribution in [1.29, 1.82) is 0 Å². The molecule has 0 aromatic rings. The lowest BCUT2D eigenvalue weighted by Crippen LogP contribution is -2.44. The highest BCUT2D eigenvalue weighted by Crippen LogP contribution is 2.17. The second-order valence-electron chi connectivity index (χ2n) is 5.01. The van der Waals surface area contributed by atoms with E-state index in [1.165, 1.54) is 0 Å². The van der Waals surface area contributed by atoms with E-state index in [0.29, 0.717) is 13.0 Å². The Hall–Kier alpha value is -1.56. The van der Waals surface area contributed by atoms with Crippen LogP contribution >= 0.6 is 0 Å². The zero-order chi connectivity index (χ0) is 13.7. The molecular formula is C13H20N2O4. The molecule has 1 aliphatic heterocycles. The summed E-state index contributed by atoms with van der Waals surface area (Å²) in [4.78, 5) is 22.4. The first-order valence-electron chi connectivity index (χ1n) is 6.72. The van der Waals surface area contributed by atoms with Crippen LogP contribution in [0.2, 0.25) is 0 Å². The summed E-state index contributed by atoms with van der Waals surface area (Å²) >= 11 is 0. The second kappa shape index (κ2) is 6.56. The van der Waals surface area contributed by atoms with E-state index in [0.717, 1.165) is 25.9 Å². The van der Waals surface area contributed by atoms with Gasteiger partial charge in [-0.2, -0.15) is 0 Å². The van der Waals surface area contributed by atoms with Crippen LogP contribution in [-0.4, -0.2) is 42.4 Å². The Bertz CT molecular complexity index is 364. The fourth-order valence-corrected chi connectivity index (χ4v) is 2.38. The number of hydrogen-bond donors (Lipinski definition) is 3. The molecule has 1 fully saturated rings. The van der Waals surface area contributed by atoms with Crippen molar-refractivity contribution in [3.63, 3.8) is 0 Å². The number of rotatable bonds is 4. The van der Waals surface area contributed by atoms with Gasteiger partial charge in [0, 0.05) is 13.2 Å². The average molecular weight is 268 g/mol. The maximum atomic E-state index is 11.7. The maximum Gasteiger partial charge on any atom is 0.315 e. The lowest BCUT2D eigenvalue weighted by molar-refractivity contribution is -0.140. The van der Waals surface area contributed by atoms with E-state index in [1.54, 1.807) is 12.2 Å². The first-order valence-corrected chi connectivity index (χ1v) is 6.72. The normalized spacial score (nSPS) is 30.0. The second-order valence-corrected chi connectivity index (χ2v) is 5.01. The molecule has 1 heterocycles. The summed E-state index contributed by atoms with van der Waals surface area (Å²) in [6.45, 7) is 1.27. The highest BCUT2D eigenvalue weighted by atomic mass is 16.5. The first kappa shape index (κ1) is 13.9. The van der Waals surface area contributed by atoms with Gasteiger partial charge >= 0.3 is 12.0 Å². The molecule has 0 saturated carbocycles. The van der Waals surface area contributed by atoms with E-state index in [2.05, 4.69) is 10.6 Å². The van der Waals surface area contributed by atoms with Gasteiger partial charge in [0.1, 0.15) is 0 Å². The van der Waals surface area contributed by atoms with Crippen LogP contribution in [0.5, 0.6) is 0 Å². The van der Waals surface area contributed by atoms with Gasteiger partial charge in [-0.1, -0.05) is 12.2 Å². The molecular weight excluding hydrogens is 248 g/mol. The smallest absolute Gasteiger partial charge is 0.315 e. The van der Waals surface area contributed by atoms with E-state index in [4.69, 9.17) is 9.84 Å². The average Bonchev–Trinajstić information content (AvgIpc) is 2.86. The fraction of sp³-hybridized carbons (Fsp3) is 0.692. The Labute approximate surface area is 112 Å². The van der Waals surface area contributed by atoms with Crippen LogP contribution in [0.15, 0.2) is 12.2 Å². The fourth-order valence-electron chi connectivity index (χ4n) is 2.38. The van der Waals surface area contributed by atoms with Crippen molar-refractivity contribution < 1.29 is 19.4 Å². The largest absolute Gasteiger partial charge is 0.481 e. The van der Waals surface area contributed by atoms with Crippen LogP contribution < -0.4 is 10.6 Å². The van der Waals surface area contributed by atoms with Crippen LogP contribution in [-0.2, 0) is 9.53 Å². The van der Waals surface area contributed by atoms with E-state index in [-0.39, 0.29) is 18.2 Å². The molecule has 0 aromatic heterocycles. The molecule has 3 unspecified atom stereocenters. The molecule has 0 aromatic carbocycles. The minimum Gasteiger partial charge on any atom is -0.481 e. The third-order valence-electron chi connectivity index (χ3n) is 3.48. The molecule has 2 rings (SSSR count). The number of urea groups is 1. The Balaban J connectivity index is 1.65. The summed E-state index contributed by atoms with van der Waals surface area (Å²) in [7, 11) is 0. The van der Waals surface area contributed by atoms with Crippen molar-refractivity contribution in [1.82, 2.24) is 10.6 Å². The molecule has 2 amide bonds. The molecule has 19 heavy (non-hydrogen) atoms. The third kappa shape index (κ3) is 4.24. The zero-order valence-electron chi connectivity index (χ0n) is 10.8. The quantitative estimate of drug-likeness (QED) is 0.661. The van der Waals surface area contributed by atoms with E-state index >= 15 is 0 Å². The van der Waals surface area contributed by atoms with Crippen molar-refractivity contribution in [2.24, 2.45) is 5.92 Å². The van der Waals surface area contributed by atoms with Crippen molar-refractivity contribution >= 4 is 12.0 Å². The van der Waals surface area contributed by atoms with E-state index in [9.17, 15) is 9.59 Å². The molecule has 1 saturated heterocycles. The monoisotopic (exact) mass is 268 g/mol. The molecule has 2 aliphatic rings. The summed E-state index contributed by atoms with van der Waals surface area (Å²) in [6, 6.07) is -0.469. The van der Waals surface area contributed by atoms with Gasteiger partial charge in [-0.15, -0.1) is 0 Å². The highest BCUT2D eigenvalue weighted by molar-refractivity contribution is 5.76. The first-order chi connectivity index (χ1) is 9.15. The lowest BCUT2D eigenvalue weighted by atomic mass is 10.1. The molecule has 3 N–H and O–H groups in total. The summed E-state index contributed by atoms with van der Waals surface area (Å²) in [6.07, 6.45) is 7.08. The SMILES string of the molecule is O=C(NCC1CCCCO1)NC1C=CC(C(=O)O)C1. The number of carboxylic acids is 1. The summed E-state index contributed by atoms with van der Waals surface area (Å²) in [5.74, 6) is -1.34. The van der Waals surface area contributed by atoms with Gasteiger partial charge in [0.2, 0.25) is 0 Å². The Morgan fingerprint density at radius 1 is 1.32 bits per heavy atom. The third-order valence-corrected chi connectivity index (χ3v) is 3.48. The number of carbonyl (C=O) groups excluding carboxylic acids is 1. The highest BCUT2D eigenvalue weighted by Gasteiger charge is 2.25. The molecule has 1 aliphatic carbocycles. The molecule has 6 heteroatoms. The number of ether oxygens (including phenoxy) is 1. The zero-order valence-corrected chi connectivity index (χ0v) is 10.8. The van der Waals surface area contributed by atoms with Crippen LogP contribution in [0.3, 0.4) is 0 Å². The summed E-state index contributed by atoms with van der Waals surface area (Å²) < 4.78 is 5.51. The predicted molar refractivity (Wildman–Crippen MR) is 68.8 cm³/mol. The van der Waals surface area contributed by atoms with Gasteiger partial charge in [0.25, 0.3) is 0 Å². The van der Waals surface area contributed by atoms with Crippen LogP contribution in [0.1, 0.15) is 25.7 Å². The number of carbonyl (C=O) groups is 2. The maximum absolute atomic E-state index is 11.7. The molecule has 0 spiro atoms. The van der Waals surface area contributed by atoms with Gasteiger partial charge in [-0.25, -0.2) is 4.79 Å². The van der Waals surface area contributed by atoms with Gasteiger partial charge in [0.05, 0.1) is 18.1 Å². The number of aliphatic carboxylic acids is 1. The van der Waals surface area contributed by atoms with Crippen LogP contribution in [0.4, 0.5) is 4.79 Å². The Morgan fingerprint density at radius 2 is 2.16 bits per heavy atom. The lowest BCUT2D eigenvalue weighted by Gasteiger charge is -2.23. The van der Waals surface area contributed by atoms with Crippen LogP contribution in [0.25, 0.3) is 0 Å². The minimum atomic E-state index is -0.850. The standard InChI is InChI=1S/C13H20N2O4/c16-12(17)9-4-5-10(7-9)15-13(18)14-8-11-3-1-2-6-19-11/h4-5,9-11H,1-3,6-8H2,(H,16,17)(H2,14,15,18). The van der Waals surface area contributed by atoms with Gasteiger partial charge in [-0.05, 0) is 25.7 Å². The van der Waals surface area contributed by atoms with E-state index < -0.39 is 11.9 Å². The van der Waals surface area contributed by atoms with Gasteiger partial charge < -0.3 is 20.5 Å². The van der Waals surface area contributed by atoms with E-state index in [1.807, 2.05) is 0 Å². The number of amides is 2. The molecule has 6 nitrogen and oxygen atoms in total. The Morgan fingerprint density at radius 3 is 2.79 bits per heavy atom. The van der Waals surface area contributed by atoms with Crippen LogP contribution in [0, 0.1) is 5.92 Å². The summed E-state index contributed by atoms with van der Waals surface area (Å²) in [5.41, 5.74) is 0. The predicted octanol–water partition coefficient (Wildman–Crippen LogP) is 0.884. The van der Waals surface area contributed by atoms with Crippen molar-refractivity contribution in [2.75, 3.05) is 13.2 Å². The summed E-state index contributed by atoms with van der Waals surface area (Å²) in [5, 5.41) is 14.4. The van der Waals surface area contributed by atoms with Crippen molar-refractivity contribution in [3.8, 4) is 0 Å². The molecule has 3 atom stereocenters. The molecule has 0 bridgehead atoms. The van der Waals surface area contributed by atoms with Gasteiger partial charge in [0.15, 0.2) is 0 Å². The number of carboxylic acid groups (broad SMARTS) is 1. The molecule has 106 valence electrons. The van der Waals surface area contributed by atoms with Crippen molar-refractivity contribution in [2.45, 2.75) is 37.8 Å². The molecule has 0 radical (unpaired) electrons. The Kier molecular flexibility index (Phi) is 4.79. The number of nitrogens with one attached hydrogen (secondary N) is 2. The topological polar surface area (TPSA) is 87.7 Å². The minimum absolute atomic E-state index is 0.102. The number of hydrogen-bond acceptors (Lipinski definition) is 3. The van der Waals surface area contributed by atoms with Crippen molar-refractivity contribution in [3.05, 3.63) is 12.2 Å².